The van der Waals surface area contributed by atoms with Crippen LogP contribution in [0.15, 0.2) is 24.4 Å². The number of ether oxygens (including phenoxy) is 2. The Morgan fingerprint density at radius 1 is 1.18 bits per heavy atom. The van der Waals surface area contributed by atoms with Crippen LogP contribution in [0.1, 0.15) is 50.2 Å². The van der Waals surface area contributed by atoms with Gasteiger partial charge in [-0.25, -0.2) is 14.8 Å². The molecule has 11 heteroatoms. The molecule has 1 aliphatic heterocycles. The molecule has 2 amide bonds. The zero-order chi connectivity index (χ0) is 27.2. The van der Waals surface area contributed by atoms with E-state index in [-0.39, 0.29) is 6.09 Å². The van der Waals surface area contributed by atoms with Crippen molar-refractivity contribution in [2.75, 3.05) is 19.7 Å². The van der Waals surface area contributed by atoms with Gasteiger partial charge in [0.05, 0.1) is 17.8 Å². The number of primary amides is 1. The number of likely N-dealkylation sites (tertiary alicyclic amines) is 1. The molecule has 4 heterocycles. The van der Waals surface area contributed by atoms with Crippen molar-refractivity contribution in [1.82, 2.24) is 29.6 Å². The van der Waals surface area contributed by atoms with E-state index in [9.17, 15) is 9.59 Å². The van der Waals surface area contributed by atoms with E-state index >= 15 is 0 Å². The van der Waals surface area contributed by atoms with E-state index < -0.39 is 11.5 Å². The number of amides is 2. The summed E-state index contributed by atoms with van der Waals surface area (Å²) in [4.78, 5) is 38.6. The number of aromatic nitrogens is 5. The highest BCUT2D eigenvalue weighted by molar-refractivity contribution is 6.11. The lowest BCUT2D eigenvalue weighted by Crippen LogP contribution is -2.51. The lowest BCUT2D eigenvalue weighted by atomic mass is 9.97. The highest BCUT2D eigenvalue weighted by atomic mass is 16.6. The van der Waals surface area contributed by atoms with Crippen molar-refractivity contribution in [2.24, 2.45) is 11.7 Å². The number of aryl methyl sites for hydroxylation is 2. The molecule has 11 nitrogen and oxygen atoms in total. The SMILES string of the molecule is CCn1nc(C)cc1-c1ncc2c(n1)[nH]c1c(OCCC3CN(C(=O)OC(C)(C)C)C3)cc(C(N)=O)cc12. The Morgan fingerprint density at radius 2 is 1.95 bits per heavy atom. The van der Waals surface area contributed by atoms with Gasteiger partial charge in [0.1, 0.15) is 22.7 Å². The second-order valence-electron chi connectivity index (χ2n) is 10.7. The van der Waals surface area contributed by atoms with Gasteiger partial charge in [-0.1, -0.05) is 0 Å². The fourth-order valence-corrected chi connectivity index (χ4v) is 4.66. The molecule has 4 aromatic rings. The number of fused-ring (bicyclic) bond motifs is 3. The van der Waals surface area contributed by atoms with Gasteiger partial charge < -0.3 is 25.1 Å². The first-order valence-corrected chi connectivity index (χ1v) is 12.8. The smallest absolute Gasteiger partial charge is 0.410 e. The number of hydrogen-bond donors (Lipinski definition) is 2. The summed E-state index contributed by atoms with van der Waals surface area (Å²) >= 11 is 0. The Morgan fingerprint density at radius 3 is 2.63 bits per heavy atom. The Hall–Kier alpha value is -4.15. The monoisotopic (exact) mass is 519 g/mol. The summed E-state index contributed by atoms with van der Waals surface area (Å²) < 4.78 is 13.4. The van der Waals surface area contributed by atoms with Crippen molar-refractivity contribution < 1.29 is 19.1 Å². The molecule has 1 fully saturated rings. The first-order valence-electron chi connectivity index (χ1n) is 12.8. The predicted molar refractivity (Wildman–Crippen MR) is 143 cm³/mol. The third-order valence-electron chi connectivity index (χ3n) is 6.53. The first kappa shape index (κ1) is 25.5. The Kier molecular flexibility index (Phi) is 6.46. The average Bonchev–Trinajstić information content (AvgIpc) is 3.38. The van der Waals surface area contributed by atoms with Crippen molar-refractivity contribution in [3.8, 4) is 17.3 Å². The molecule has 0 atom stereocenters. The van der Waals surface area contributed by atoms with Crippen LogP contribution in [0.4, 0.5) is 4.79 Å². The maximum absolute atomic E-state index is 12.2. The van der Waals surface area contributed by atoms with Crippen molar-refractivity contribution in [3.63, 3.8) is 0 Å². The molecule has 0 unspecified atom stereocenters. The first-order chi connectivity index (χ1) is 18.0. The van der Waals surface area contributed by atoms with Crippen molar-refractivity contribution in [1.29, 1.82) is 0 Å². The molecule has 0 aliphatic carbocycles. The summed E-state index contributed by atoms with van der Waals surface area (Å²) in [7, 11) is 0. The van der Waals surface area contributed by atoms with Crippen molar-refractivity contribution in [3.05, 3.63) is 35.7 Å². The molecule has 1 saturated heterocycles. The summed E-state index contributed by atoms with van der Waals surface area (Å²) in [6.45, 7) is 11.9. The summed E-state index contributed by atoms with van der Waals surface area (Å²) in [5, 5.41) is 6.02. The molecule has 200 valence electrons. The fraction of sp³-hybridized carbons (Fsp3) is 0.444. The number of aromatic amines is 1. The normalized spacial score (nSPS) is 14.2. The molecule has 3 N–H and O–H groups in total. The van der Waals surface area contributed by atoms with Crippen LogP contribution in [0.5, 0.6) is 5.75 Å². The van der Waals surface area contributed by atoms with Crippen LogP contribution >= 0.6 is 0 Å². The van der Waals surface area contributed by atoms with E-state index in [1.807, 2.05) is 45.4 Å². The Balaban J connectivity index is 1.36. The van der Waals surface area contributed by atoms with E-state index in [4.69, 9.17) is 20.2 Å². The minimum atomic E-state index is -0.544. The lowest BCUT2D eigenvalue weighted by molar-refractivity contribution is -0.00381. The molecule has 5 rings (SSSR count). The lowest BCUT2D eigenvalue weighted by Gasteiger charge is -2.39. The third-order valence-corrected chi connectivity index (χ3v) is 6.53. The van der Waals surface area contributed by atoms with Crippen molar-refractivity contribution in [2.45, 2.75) is 53.2 Å². The highest BCUT2D eigenvalue weighted by Crippen LogP contribution is 2.34. The van der Waals surface area contributed by atoms with Crippen LogP contribution < -0.4 is 10.5 Å². The largest absolute Gasteiger partial charge is 0.491 e. The third kappa shape index (κ3) is 5.00. The summed E-state index contributed by atoms with van der Waals surface area (Å²) in [6.07, 6.45) is 2.21. The minimum Gasteiger partial charge on any atom is -0.491 e. The van der Waals surface area contributed by atoms with Crippen LogP contribution in [0.3, 0.4) is 0 Å². The van der Waals surface area contributed by atoms with Gasteiger partial charge in [-0.15, -0.1) is 0 Å². The average molecular weight is 520 g/mol. The van der Waals surface area contributed by atoms with Gasteiger partial charge in [0, 0.05) is 42.2 Å². The molecule has 0 saturated carbocycles. The predicted octanol–water partition coefficient (Wildman–Crippen LogP) is 4.04. The number of H-pyrrole nitrogens is 1. The number of nitrogens with zero attached hydrogens (tertiary/aromatic N) is 5. The standard InChI is InChI=1S/C27H33N7O4/c1-6-34-20(9-15(2)32-34)25-29-12-19-18-10-17(23(28)35)11-21(22(18)30-24(19)31-25)37-8-7-16-13-33(14-16)26(36)38-27(3,4)5/h9-12,16H,6-8,13-14H2,1-5H3,(H2,28,35)(H,29,30,31). The van der Waals surface area contributed by atoms with Gasteiger partial charge in [0.15, 0.2) is 5.82 Å². The molecule has 1 aliphatic rings. The van der Waals surface area contributed by atoms with E-state index in [0.29, 0.717) is 54.9 Å². The van der Waals surface area contributed by atoms with Gasteiger partial charge in [-0.2, -0.15) is 5.10 Å². The summed E-state index contributed by atoms with van der Waals surface area (Å²) in [5.41, 5.74) is 8.53. The van der Waals surface area contributed by atoms with Gasteiger partial charge in [-0.3, -0.25) is 9.48 Å². The van der Waals surface area contributed by atoms with Gasteiger partial charge in [0.2, 0.25) is 5.91 Å². The molecule has 0 radical (unpaired) electrons. The van der Waals surface area contributed by atoms with E-state index in [2.05, 4.69) is 15.1 Å². The van der Waals surface area contributed by atoms with Gasteiger partial charge in [-0.05, 0) is 65.2 Å². The molecule has 3 aromatic heterocycles. The minimum absolute atomic E-state index is 0.291. The van der Waals surface area contributed by atoms with E-state index in [1.165, 1.54) is 0 Å². The maximum Gasteiger partial charge on any atom is 0.410 e. The topological polar surface area (TPSA) is 141 Å². The quantitative estimate of drug-likeness (QED) is 0.375. The molecule has 0 bridgehead atoms. The van der Waals surface area contributed by atoms with Crippen LogP contribution in [-0.2, 0) is 11.3 Å². The van der Waals surface area contributed by atoms with Gasteiger partial charge in [0.25, 0.3) is 0 Å². The van der Waals surface area contributed by atoms with Gasteiger partial charge >= 0.3 is 6.09 Å². The number of nitrogens with two attached hydrogens (primary N) is 1. The number of rotatable bonds is 7. The summed E-state index contributed by atoms with van der Waals surface area (Å²) in [6, 6.07) is 5.34. The van der Waals surface area contributed by atoms with Crippen LogP contribution in [0, 0.1) is 12.8 Å². The van der Waals surface area contributed by atoms with E-state index in [0.717, 1.165) is 34.1 Å². The molecule has 38 heavy (non-hydrogen) atoms. The summed E-state index contributed by atoms with van der Waals surface area (Å²) in [5.74, 6) is 0.857. The van der Waals surface area contributed by atoms with Crippen LogP contribution in [0.25, 0.3) is 33.5 Å². The van der Waals surface area contributed by atoms with Crippen LogP contribution in [-0.4, -0.2) is 66.9 Å². The van der Waals surface area contributed by atoms with Crippen molar-refractivity contribution >= 4 is 33.9 Å². The zero-order valence-corrected chi connectivity index (χ0v) is 22.4. The molecule has 0 spiro atoms. The number of carbonyl (C=O) groups is 2. The van der Waals surface area contributed by atoms with E-state index in [1.54, 1.807) is 23.2 Å². The highest BCUT2D eigenvalue weighted by Gasteiger charge is 2.33. The zero-order valence-electron chi connectivity index (χ0n) is 22.4. The number of hydrogen-bond acceptors (Lipinski definition) is 7. The maximum atomic E-state index is 12.2. The van der Waals surface area contributed by atoms with Crippen LogP contribution in [0.2, 0.25) is 0 Å². The number of carbonyl (C=O) groups excluding carboxylic acids is 2. The molecular formula is C27H33N7O4. The Bertz CT molecular complexity index is 1530. The molecule has 1 aromatic carbocycles. The second kappa shape index (κ2) is 9.62. The number of nitrogens with one attached hydrogen (secondary N) is 1. The Labute approximate surface area is 220 Å². The fourth-order valence-electron chi connectivity index (χ4n) is 4.66. The number of benzene rings is 1. The second-order valence-corrected chi connectivity index (χ2v) is 10.7. The molecular weight excluding hydrogens is 486 g/mol.